The molecule has 5 rings (SSSR count). The van der Waals surface area contributed by atoms with Gasteiger partial charge in [-0.15, -0.1) is 9.24 Å². The molecule has 5 N–H and O–H groups in total. The molecule has 1 aromatic carbocycles. The smallest absolute Gasteiger partial charge is 0.352 e. The first-order valence-electron chi connectivity index (χ1n) is 14.0. The molecule has 3 fully saturated rings. The summed E-state index contributed by atoms with van der Waals surface area (Å²) >= 11 is 0. The Kier molecular flexibility index (Phi) is 8.36. The fourth-order valence-electron chi connectivity index (χ4n) is 6.73. The molecule has 10 heteroatoms. The summed E-state index contributed by atoms with van der Waals surface area (Å²) < 4.78 is 0. The fraction of sp³-hybridized carbons (Fsp3) is 0.607. The number of aromatic carboxylic acids is 1. The molecule has 206 valence electrons. The highest BCUT2D eigenvalue weighted by molar-refractivity contribution is 7.16. The number of nitrogens with two attached hydrogens (primary N) is 1. The minimum atomic E-state index is -1.03. The summed E-state index contributed by atoms with van der Waals surface area (Å²) in [7, 11) is 2.73. The molecule has 2 aliphatic heterocycles. The van der Waals surface area contributed by atoms with Gasteiger partial charge in [0, 0.05) is 41.1 Å². The monoisotopic (exact) mass is 541 g/mol. The van der Waals surface area contributed by atoms with E-state index in [1.54, 1.807) is 24.3 Å². The maximum Gasteiger partial charge on any atom is 0.352 e. The number of anilines is 1. The Hall–Kier alpha value is -2.48. The number of carboxylic acids is 1. The van der Waals surface area contributed by atoms with Crippen molar-refractivity contribution in [3.8, 4) is 0 Å². The molecule has 3 heterocycles. The van der Waals surface area contributed by atoms with Gasteiger partial charge >= 0.3 is 5.97 Å². The molecule has 4 atom stereocenters. The molecule has 2 saturated heterocycles. The summed E-state index contributed by atoms with van der Waals surface area (Å²) in [6.07, 6.45) is 8.71. The molecule has 0 spiro atoms. The van der Waals surface area contributed by atoms with Crippen LogP contribution in [-0.4, -0.2) is 81.6 Å². The highest BCUT2D eigenvalue weighted by Crippen LogP contribution is 2.35. The quantitative estimate of drug-likeness (QED) is 0.398. The van der Waals surface area contributed by atoms with Gasteiger partial charge in [0.2, 0.25) is 11.8 Å². The lowest BCUT2D eigenvalue weighted by molar-refractivity contribution is -0.142. The third-order valence-electron chi connectivity index (χ3n) is 8.89. The van der Waals surface area contributed by atoms with Crippen molar-refractivity contribution < 1.29 is 19.5 Å². The zero-order chi connectivity index (χ0) is 26.8. The Morgan fingerprint density at radius 3 is 2.47 bits per heavy atom. The number of hydrogen-bond donors (Lipinski definition) is 4. The van der Waals surface area contributed by atoms with E-state index in [0.29, 0.717) is 29.1 Å². The summed E-state index contributed by atoms with van der Waals surface area (Å²) in [5.41, 5.74) is 7.67. The van der Waals surface area contributed by atoms with E-state index in [2.05, 4.69) is 24.4 Å². The predicted octanol–water partition coefficient (Wildman–Crippen LogP) is 3.27. The maximum absolute atomic E-state index is 13.8. The molecule has 0 bridgehead atoms. The second-order valence-electron chi connectivity index (χ2n) is 11.2. The molecule has 38 heavy (non-hydrogen) atoms. The second kappa shape index (κ2) is 11.7. The largest absolute Gasteiger partial charge is 0.477 e. The second-order valence-corrected chi connectivity index (χ2v) is 11.7. The van der Waals surface area contributed by atoms with Gasteiger partial charge in [0.1, 0.15) is 11.7 Å². The molecule has 4 unspecified atom stereocenters. The van der Waals surface area contributed by atoms with E-state index in [1.165, 1.54) is 6.42 Å². The lowest BCUT2D eigenvalue weighted by Gasteiger charge is -2.38. The highest BCUT2D eigenvalue weighted by Gasteiger charge is 2.46. The number of H-pyrrole nitrogens is 1. The van der Waals surface area contributed by atoms with Gasteiger partial charge in [-0.25, -0.2) is 4.79 Å². The van der Waals surface area contributed by atoms with Gasteiger partial charge in [-0.3, -0.25) is 14.5 Å². The number of carbonyl (C=O) groups excluding carboxylic acids is 2. The summed E-state index contributed by atoms with van der Waals surface area (Å²) in [5.74, 6) is -0.682. The number of hydrogen-bond acceptors (Lipinski definition) is 5. The van der Waals surface area contributed by atoms with Crippen LogP contribution in [0.4, 0.5) is 5.69 Å². The molecular formula is C28H40N5O4P. The Bertz CT molecular complexity index is 1170. The normalized spacial score (nSPS) is 27.4. The number of benzene rings is 1. The molecule has 1 saturated carbocycles. The average molecular weight is 542 g/mol. The number of nitrogens with one attached hydrogen (secondary N) is 2. The number of carbonyl (C=O) groups is 3. The Morgan fingerprint density at radius 2 is 1.79 bits per heavy atom. The van der Waals surface area contributed by atoms with Crippen LogP contribution in [0.5, 0.6) is 0 Å². The van der Waals surface area contributed by atoms with Gasteiger partial charge in [-0.05, 0) is 94.4 Å². The first-order chi connectivity index (χ1) is 18.4. The van der Waals surface area contributed by atoms with Crippen LogP contribution in [0.25, 0.3) is 10.9 Å². The van der Waals surface area contributed by atoms with Crippen molar-refractivity contribution in [2.24, 2.45) is 17.6 Å². The predicted molar refractivity (Wildman–Crippen MR) is 151 cm³/mol. The van der Waals surface area contributed by atoms with Crippen molar-refractivity contribution in [3.63, 3.8) is 0 Å². The summed E-state index contributed by atoms with van der Waals surface area (Å²) in [4.78, 5) is 46.1. The number of carboxylic acid groups (broad SMARTS) is 1. The first kappa shape index (κ1) is 27.1. The third kappa shape index (κ3) is 5.61. The number of nitrogens with zero attached hydrogens (tertiary/aromatic N) is 2. The topological polar surface area (TPSA) is 132 Å². The van der Waals surface area contributed by atoms with E-state index in [4.69, 9.17) is 5.73 Å². The molecule has 9 nitrogen and oxygen atoms in total. The van der Waals surface area contributed by atoms with Crippen LogP contribution in [0.3, 0.4) is 0 Å². The number of aromatic amines is 1. The Morgan fingerprint density at radius 1 is 1.05 bits per heavy atom. The summed E-state index contributed by atoms with van der Waals surface area (Å²) in [6.45, 7) is 2.52. The van der Waals surface area contributed by atoms with E-state index in [-0.39, 0.29) is 35.5 Å². The summed E-state index contributed by atoms with van der Waals surface area (Å²) in [6, 6.07) is 6.53. The summed E-state index contributed by atoms with van der Waals surface area (Å²) in [5, 5.41) is 13.1. The molecule has 0 radical (unpaired) electrons. The van der Waals surface area contributed by atoms with Crippen LogP contribution < -0.4 is 11.1 Å². The van der Waals surface area contributed by atoms with Crippen molar-refractivity contribution in [2.45, 2.75) is 69.5 Å². The lowest BCUT2D eigenvalue weighted by Crippen LogP contribution is -2.55. The minimum Gasteiger partial charge on any atom is -0.477 e. The fourth-order valence-corrected chi connectivity index (χ4v) is 7.12. The van der Waals surface area contributed by atoms with E-state index >= 15 is 0 Å². The van der Waals surface area contributed by atoms with Crippen LogP contribution in [0.1, 0.15) is 61.9 Å². The van der Waals surface area contributed by atoms with Crippen LogP contribution in [0.2, 0.25) is 0 Å². The maximum atomic E-state index is 13.8. The highest BCUT2D eigenvalue weighted by atomic mass is 31.0. The molecule has 3 aliphatic rings. The third-order valence-corrected chi connectivity index (χ3v) is 9.44. The van der Waals surface area contributed by atoms with Crippen molar-refractivity contribution in [2.75, 3.05) is 31.1 Å². The molecule has 2 amide bonds. The zero-order valence-electron chi connectivity index (χ0n) is 21.9. The lowest BCUT2D eigenvalue weighted by atomic mass is 9.78. The first-order valence-corrected chi connectivity index (χ1v) is 14.8. The van der Waals surface area contributed by atoms with Crippen molar-refractivity contribution >= 4 is 43.6 Å². The van der Waals surface area contributed by atoms with Gasteiger partial charge in [0.05, 0.1) is 0 Å². The van der Waals surface area contributed by atoms with Crippen molar-refractivity contribution in [1.29, 1.82) is 0 Å². The number of fused-ring (bicyclic) bond motifs is 1. The Balaban J connectivity index is 1.34. The molecule has 1 aromatic heterocycles. The van der Waals surface area contributed by atoms with Crippen LogP contribution >= 0.6 is 9.24 Å². The number of piperidine rings is 1. The van der Waals surface area contributed by atoms with Crippen LogP contribution in [-0.2, 0) is 9.59 Å². The molecular weight excluding hydrogens is 501 g/mol. The van der Waals surface area contributed by atoms with E-state index in [0.717, 1.165) is 64.2 Å². The number of amides is 2. The van der Waals surface area contributed by atoms with Gasteiger partial charge < -0.3 is 26.0 Å². The average Bonchev–Trinajstić information content (AvgIpc) is 3.58. The SMILES string of the molecule is NC(CP)C1CCC(C(=O)N2CCC(N3CCCCC3)C2C(=O)Nc2ccc3[nH]c(C(=O)O)cc3c2)CC1. The van der Waals surface area contributed by atoms with Crippen molar-refractivity contribution in [3.05, 3.63) is 30.0 Å². The van der Waals surface area contributed by atoms with E-state index < -0.39 is 12.0 Å². The van der Waals surface area contributed by atoms with Gasteiger partial charge in [0.25, 0.3) is 0 Å². The van der Waals surface area contributed by atoms with Gasteiger partial charge in [0.15, 0.2) is 0 Å². The van der Waals surface area contributed by atoms with E-state index in [9.17, 15) is 19.5 Å². The van der Waals surface area contributed by atoms with Crippen LogP contribution in [0.15, 0.2) is 24.3 Å². The van der Waals surface area contributed by atoms with Crippen LogP contribution in [0, 0.1) is 11.8 Å². The Labute approximate surface area is 226 Å². The molecule has 1 aliphatic carbocycles. The number of rotatable bonds is 7. The standard InChI is InChI=1S/C28H40N5O4P/c29-21(16-38)17-4-6-18(7-5-17)27(35)33-13-10-24(32-11-2-1-3-12-32)25(33)26(34)30-20-8-9-22-19(14-20)15-23(31-22)28(36)37/h8-9,14-15,17-18,21,24-25,31H,1-7,10-13,16,29,38H2,(H,30,34)(H,36,37). The van der Waals surface area contributed by atoms with Gasteiger partial charge in [-0.1, -0.05) is 6.42 Å². The minimum absolute atomic E-state index is 0.00994. The van der Waals surface area contributed by atoms with E-state index in [1.807, 2.05) is 4.90 Å². The van der Waals surface area contributed by atoms with Gasteiger partial charge in [-0.2, -0.15) is 0 Å². The molecule has 2 aromatic rings. The zero-order valence-corrected chi connectivity index (χ0v) is 23.1. The number of likely N-dealkylation sites (tertiary alicyclic amines) is 2. The van der Waals surface area contributed by atoms with Crippen molar-refractivity contribution in [1.82, 2.24) is 14.8 Å². The number of aromatic nitrogens is 1.